The summed E-state index contributed by atoms with van der Waals surface area (Å²) in [4.78, 5) is 25.7. The first-order valence-corrected chi connectivity index (χ1v) is 9.77. The fraction of sp³-hybridized carbons (Fsp3) is 0.476. The van der Waals surface area contributed by atoms with Gasteiger partial charge in [0.25, 0.3) is 0 Å². The van der Waals surface area contributed by atoms with Crippen molar-refractivity contribution in [3.63, 3.8) is 0 Å². The van der Waals surface area contributed by atoms with Gasteiger partial charge < -0.3 is 14.5 Å². The quantitative estimate of drug-likeness (QED) is 0.814. The van der Waals surface area contributed by atoms with Crippen LogP contribution in [0.2, 0.25) is 0 Å². The van der Waals surface area contributed by atoms with Crippen molar-refractivity contribution in [2.45, 2.75) is 38.2 Å². The molecule has 6 heteroatoms. The lowest BCUT2D eigenvalue weighted by Gasteiger charge is -2.23. The third-order valence-electron chi connectivity index (χ3n) is 5.46. The minimum Gasteiger partial charge on any atom is -0.485 e. The number of anilines is 1. The third kappa shape index (κ3) is 3.89. The van der Waals surface area contributed by atoms with Gasteiger partial charge in [-0.25, -0.2) is 4.98 Å². The molecule has 0 unspecified atom stereocenters. The van der Waals surface area contributed by atoms with Crippen molar-refractivity contribution < 1.29 is 9.53 Å². The number of carbonyl (C=O) groups excluding carboxylic acids is 1. The molecule has 0 saturated carbocycles. The van der Waals surface area contributed by atoms with Gasteiger partial charge >= 0.3 is 0 Å². The molecular formula is C21H26N4O2. The van der Waals surface area contributed by atoms with Crippen LogP contribution in [0.4, 0.5) is 5.82 Å². The van der Waals surface area contributed by atoms with E-state index in [1.165, 1.54) is 12.8 Å². The second-order valence-electron chi connectivity index (χ2n) is 7.34. The highest BCUT2D eigenvalue weighted by Gasteiger charge is 2.31. The molecule has 1 amide bonds. The molecule has 0 spiro atoms. The van der Waals surface area contributed by atoms with Crippen LogP contribution in [0.15, 0.2) is 42.9 Å². The van der Waals surface area contributed by atoms with Gasteiger partial charge in [0.05, 0.1) is 12.5 Å². The normalized spacial score (nSPS) is 20.7. The molecule has 2 aromatic heterocycles. The monoisotopic (exact) mass is 366 g/mol. The minimum absolute atomic E-state index is 0.0144. The molecule has 2 aliphatic heterocycles. The molecule has 0 bridgehead atoms. The number of rotatable bonds is 5. The van der Waals surface area contributed by atoms with E-state index in [4.69, 9.17) is 4.74 Å². The number of likely N-dealkylation sites (tertiary alicyclic amines) is 1. The molecule has 4 heterocycles. The van der Waals surface area contributed by atoms with Crippen molar-refractivity contribution in [3.8, 4) is 5.75 Å². The number of pyridine rings is 2. The first-order chi connectivity index (χ1) is 13.2. The summed E-state index contributed by atoms with van der Waals surface area (Å²) in [5, 5.41) is 0. The Hall–Kier alpha value is -2.63. The van der Waals surface area contributed by atoms with Crippen molar-refractivity contribution in [1.29, 1.82) is 0 Å². The Morgan fingerprint density at radius 2 is 2.00 bits per heavy atom. The highest BCUT2D eigenvalue weighted by molar-refractivity contribution is 5.83. The first-order valence-electron chi connectivity index (χ1n) is 9.77. The molecule has 6 nitrogen and oxygen atoms in total. The van der Waals surface area contributed by atoms with E-state index in [-0.39, 0.29) is 17.9 Å². The van der Waals surface area contributed by atoms with Crippen LogP contribution in [0.1, 0.15) is 37.7 Å². The molecule has 142 valence electrons. The van der Waals surface area contributed by atoms with Crippen LogP contribution in [0, 0.1) is 0 Å². The predicted molar refractivity (Wildman–Crippen MR) is 104 cm³/mol. The summed E-state index contributed by atoms with van der Waals surface area (Å²) >= 11 is 0. The first kappa shape index (κ1) is 17.8. The van der Waals surface area contributed by atoms with E-state index >= 15 is 0 Å². The Labute approximate surface area is 160 Å². The summed E-state index contributed by atoms with van der Waals surface area (Å²) in [6.45, 7) is 5.36. The van der Waals surface area contributed by atoms with Gasteiger partial charge in [-0.05, 0) is 43.5 Å². The maximum absolute atomic E-state index is 12.8. The van der Waals surface area contributed by atoms with Crippen molar-refractivity contribution in [2.24, 2.45) is 0 Å². The number of nitrogens with zero attached hydrogens (tertiary/aromatic N) is 4. The van der Waals surface area contributed by atoms with E-state index in [0.29, 0.717) is 6.54 Å². The summed E-state index contributed by atoms with van der Waals surface area (Å²) in [5.74, 6) is 1.72. The standard InChI is InChI=1S/C21H26N4O2/c1-16(17-6-4-9-22-14-17)21(26)25-13-8-18(15-25)27-19-7-5-10-23-20(19)24-11-2-3-12-24/h4-7,9-10,14,16,18H,2-3,8,11-13,15H2,1H3/t16-,18-/m0/s1. The minimum atomic E-state index is -0.184. The second kappa shape index (κ2) is 7.94. The number of hydrogen-bond donors (Lipinski definition) is 0. The average molecular weight is 366 g/mol. The fourth-order valence-electron chi connectivity index (χ4n) is 3.89. The Bertz CT molecular complexity index is 777. The second-order valence-corrected chi connectivity index (χ2v) is 7.34. The van der Waals surface area contributed by atoms with Crippen LogP contribution in [0.25, 0.3) is 0 Å². The molecule has 27 heavy (non-hydrogen) atoms. The molecule has 2 aromatic rings. The number of ether oxygens (including phenoxy) is 1. The summed E-state index contributed by atoms with van der Waals surface area (Å²) in [6.07, 6.45) is 8.58. The van der Waals surface area contributed by atoms with Gasteiger partial charge in [0.15, 0.2) is 11.6 Å². The maximum atomic E-state index is 12.8. The Morgan fingerprint density at radius 1 is 1.19 bits per heavy atom. The van der Waals surface area contributed by atoms with Gasteiger partial charge in [0, 0.05) is 44.6 Å². The van der Waals surface area contributed by atoms with Crippen molar-refractivity contribution in [2.75, 3.05) is 31.1 Å². The highest BCUT2D eigenvalue weighted by atomic mass is 16.5. The van der Waals surface area contributed by atoms with Crippen molar-refractivity contribution in [3.05, 3.63) is 48.4 Å². The SMILES string of the molecule is C[C@H](C(=O)N1CC[C@H](Oc2cccnc2N2CCCC2)C1)c1cccnc1. The molecule has 2 aliphatic rings. The summed E-state index contributed by atoms with van der Waals surface area (Å²) in [6, 6.07) is 7.73. The van der Waals surface area contributed by atoms with Crippen molar-refractivity contribution in [1.82, 2.24) is 14.9 Å². The highest BCUT2D eigenvalue weighted by Crippen LogP contribution is 2.31. The summed E-state index contributed by atoms with van der Waals surface area (Å²) < 4.78 is 6.27. The zero-order chi connectivity index (χ0) is 18.6. The van der Waals surface area contributed by atoms with Gasteiger partial charge in [-0.1, -0.05) is 6.07 Å². The van der Waals surface area contributed by atoms with Gasteiger partial charge in [-0.2, -0.15) is 0 Å². The van der Waals surface area contributed by atoms with E-state index in [1.54, 1.807) is 12.4 Å². The molecular weight excluding hydrogens is 340 g/mol. The fourth-order valence-corrected chi connectivity index (χ4v) is 3.89. The van der Waals surface area contributed by atoms with Crippen LogP contribution >= 0.6 is 0 Å². The van der Waals surface area contributed by atoms with Crippen molar-refractivity contribution >= 4 is 11.7 Å². The average Bonchev–Trinajstić information content (AvgIpc) is 3.40. The summed E-state index contributed by atoms with van der Waals surface area (Å²) in [7, 11) is 0. The predicted octanol–water partition coefficient (Wildman–Crippen LogP) is 2.86. The Balaban J connectivity index is 1.40. The topological polar surface area (TPSA) is 58.6 Å². The molecule has 2 atom stereocenters. The Kier molecular flexibility index (Phi) is 5.23. The Morgan fingerprint density at radius 3 is 2.78 bits per heavy atom. The van der Waals surface area contributed by atoms with Crippen LogP contribution in [-0.2, 0) is 4.79 Å². The molecule has 0 N–H and O–H groups in total. The smallest absolute Gasteiger partial charge is 0.230 e. The van der Waals surface area contributed by atoms with Gasteiger partial charge in [0.1, 0.15) is 6.10 Å². The lowest BCUT2D eigenvalue weighted by Crippen LogP contribution is -2.34. The number of aromatic nitrogens is 2. The molecule has 0 radical (unpaired) electrons. The van der Waals surface area contributed by atoms with Gasteiger partial charge in [-0.3, -0.25) is 9.78 Å². The number of carbonyl (C=O) groups is 1. The molecule has 0 aliphatic carbocycles. The maximum Gasteiger partial charge on any atom is 0.230 e. The van der Waals surface area contributed by atoms with Crippen LogP contribution < -0.4 is 9.64 Å². The zero-order valence-electron chi connectivity index (χ0n) is 15.8. The largest absolute Gasteiger partial charge is 0.485 e. The van der Waals surface area contributed by atoms with E-state index in [9.17, 15) is 4.79 Å². The molecule has 0 aromatic carbocycles. The lowest BCUT2D eigenvalue weighted by atomic mass is 10.0. The van der Waals surface area contributed by atoms with E-state index in [2.05, 4.69) is 14.9 Å². The lowest BCUT2D eigenvalue weighted by molar-refractivity contribution is -0.131. The molecule has 2 fully saturated rings. The number of amides is 1. The zero-order valence-corrected chi connectivity index (χ0v) is 15.8. The molecule has 2 saturated heterocycles. The van der Waals surface area contributed by atoms with E-state index in [0.717, 1.165) is 43.2 Å². The van der Waals surface area contributed by atoms with Crippen LogP contribution in [-0.4, -0.2) is 53.1 Å². The van der Waals surface area contributed by atoms with E-state index < -0.39 is 0 Å². The third-order valence-corrected chi connectivity index (χ3v) is 5.46. The van der Waals surface area contributed by atoms with Gasteiger partial charge in [-0.15, -0.1) is 0 Å². The number of hydrogen-bond acceptors (Lipinski definition) is 5. The van der Waals surface area contributed by atoms with Crippen LogP contribution in [0.5, 0.6) is 5.75 Å². The molecule has 4 rings (SSSR count). The van der Waals surface area contributed by atoms with Crippen LogP contribution in [0.3, 0.4) is 0 Å². The van der Waals surface area contributed by atoms with Gasteiger partial charge in [0.2, 0.25) is 5.91 Å². The van der Waals surface area contributed by atoms with E-state index in [1.807, 2.05) is 42.3 Å². The summed E-state index contributed by atoms with van der Waals surface area (Å²) in [5.41, 5.74) is 0.954.